The van der Waals surface area contributed by atoms with Crippen molar-refractivity contribution in [3.8, 4) is 0 Å². The number of hydrogen-bond donors (Lipinski definition) is 7. The van der Waals surface area contributed by atoms with E-state index in [2.05, 4.69) is 35.6 Å². The van der Waals surface area contributed by atoms with Gasteiger partial charge in [0.1, 0.15) is 18.7 Å². The maximum atomic E-state index is 12.5. The maximum Gasteiger partial charge on any atom is 1.00 e. The number of nitrogens with zero attached hydrogens (tertiary/aromatic N) is 3. The quantitative estimate of drug-likeness (QED) is 0.0374. The van der Waals surface area contributed by atoms with Gasteiger partial charge in [-0.25, -0.2) is 9.59 Å². The second-order valence-corrected chi connectivity index (χ2v) is 16.6. The van der Waals surface area contributed by atoms with Gasteiger partial charge in [0.15, 0.2) is 0 Å². The number of rotatable bonds is 15. The van der Waals surface area contributed by atoms with E-state index in [-0.39, 0.29) is 69.2 Å². The molecule has 0 unspecified atom stereocenters. The van der Waals surface area contributed by atoms with Gasteiger partial charge in [0, 0.05) is 31.7 Å². The number of aromatic carboxylic acids is 1. The number of carbonyl (C=O) groups is 6. The number of hydrogen-bond acceptors (Lipinski definition) is 20. The van der Waals surface area contributed by atoms with Crippen molar-refractivity contribution in [2.45, 2.75) is 38.5 Å². The van der Waals surface area contributed by atoms with E-state index in [1.807, 2.05) is 18.2 Å². The Kier molecular flexibility index (Phi) is 20.7. The van der Waals surface area contributed by atoms with Crippen LogP contribution in [0, 0.1) is 0 Å². The molecule has 0 saturated heterocycles. The third-order valence-corrected chi connectivity index (χ3v) is 12.7. The summed E-state index contributed by atoms with van der Waals surface area (Å²) in [4.78, 5) is 83.7. The van der Waals surface area contributed by atoms with Gasteiger partial charge in [-0.2, -0.15) is 0 Å². The number of amides is 3. The van der Waals surface area contributed by atoms with Gasteiger partial charge >= 0.3 is 36.9 Å². The molecular weight excluding hydrogens is 926 g/mol. The van der Waals surface area contributed by atoms with Gasteiger partial charge in [-0.05, 0) is 58.7 Å². The largest absolute Gasteiger partial charge is 1.00 e. The molecule has 0 radical (unpaired) electrons. The number of aliphatic hydroxyl groups is 3. The average Bonchev–Trinajstić information content (AvgIpc) is 4.11. The SMILES string of the molecule is COC(=O)[C@@H](CNC(=O)c1cc2nccc(CO)c2s1)NC(=O)OCc1ccccc1.COC(=O)[C@H](N)CNC(=O)c1cc2nccc(CO)c2s1.O=C([O-])c1cc2nccc(CO)c2s1.[Li+]. The van der Waals surface area contributed by atoms with Gasteiger partial charge in [0.25, 0.3) is 11.8 Å². The minimum absolute atomic E-state index is 0. The van der Waals surface area contributed by atoms with Crippen molar-refractivity contribution in [2.75, 3.05) is 27.3 Å². The molecule has 1 aromatic carbocycles. The molecule has 24 heteroatoms. The van der Waals surface area contributed by atoms with Crippen LogP contribution < -0.4 is 45.7 Å². The molecule has 7 rings (SSSR count). The fourth-order valence-electron chi connectivity index (χ4n) is 5.72. The number of fused-ring (bicyclic) bond motifs is 3. The van der Waals surface area contributed by atoms with Crippen molar-refractivity contribution in [2.24, 2.45) is 5.73 Å². The molecule has 8 N–H and O–H groups in total. The Morgan fingerprint density at radius 2 is 1.09 bits per heavy atom. The van der Waals surface area contributed by atoms with Crippen LogP contribution >= 0.6 is 34.0 Å². The number of nitrogens with two attached hydrogens (primary N) is 1. The minimum atomic E-state index is -1.21. The summed E-state index contributed by atoms with van der Waals surface area (Å²) in [6, 6.07) is 16.8. The fourth-order valence-corrected chi connectivity index (χ4v) is 8.74. The summed E-state index contributed by atoms with van der Waals surface area (Å²) in [6.45, 7) is -0.574. The van der Waals surface area contributed by atoms with E-state index in [0.717, 1.165) is 27.2 Å². The van der Waals surface area contributed by atoms with E-state index >= 15 is 0 Å². The topological polar surface area (TPSA) is 315 Å². The molecular formula is C43H42LiN7O13S3. The number of methoxy groups -OCH3 is 2. The van der Waals surface area contributed by atoms with E-state index in [1.54, 1.807) is 61.1 Å². The van der Waals surface area contributed by atoms with E-state index in [4.69, 9.17) is 20.3 Å². The Labute approximate surface area is 405 Å². The van der Waals surface area contributed by atoms with Crippen LogP contribution in [-0.4, -0.2) is 105 Å². The molecule has 0 aliphatic heterocycles. The number of carboxylic acid groups (broad SMARTS) is 1. The molecule has 0 saturated carbocycles. The smallest absolute Gasteiger partial charge is 0.544 e. The number of ether oxygens (including phenoxy) is 3. The van der Waals surface area contributed by atoms with E-state index in [9.17, 15) is 44.1 Å². The van der Waals surface area contributed by atoms with Crippen LogP contribution in [0.15, 0.2) is 85.3 Å². The molecule has 0 aliphatic carbocycles. The van der Waals surface area contributed by atoms with Crippen molar-refractivity contribution in [1.29, 1.82) is 0 Å². The second-order valence-electron chi connectivity index (χ2n) is 13.5. The Morgan fingerprint density at radius 1 is 0.657 bits per heavy atom. The summed E-state index contributed by atoms with van der Waals surface area (Å²) in [5.74, 6) is -3.31. The Balaban J connectivity index is 0.000000235. The molecule has 6 heterocycles. The Bertz CT molecular complexity index is 2820. The summed E-state index contributed by atoms with van der Waals surface area (Å²) in [6.07, 6.45) is 3.86. The fraction of sp³-hybridized carbons (Fsp3) is 0.233. The van der Waals surface area contributed by atoms with Gasteiger partial charge in [0.05, 0.1) is 85.3 Å². The molecule has 67 heavy (non-hydrogen) atoms. The number of carboxylic acids is 1. The maximum absolute atomic E-state index is 12.5. The first-order chi connectivity index (χ1) is 31.8. The van der Waals surface area contributed by atoms with Crippen molar-refractivity contribution < 1.29 is 82.3 Å². The number of aliphatic hydroxyl groups excluding tert-OH is 3. The zero-order valence-electron chi connectivity index (χ0n) is 36.0. The predicted octanol–water partition coefficient (Wildman–Crippen LogP) is -0.839. The summed E-state index contributed by atoms with van der Waals surface area (Å²) in [5.41, 5.74) is 10.2. The van der Waals surface area contributed by atoms with Gasteiger partial charge in [0.2, 0.25) is 0 Å². The standard InChI is InChI=1S/C21H21N3O6S.C13H15N3O4S.C9H7NO3S.Li/c1-29-20(27)16(24-21(28)30-12-13-5-3-2-4-6-13)10-23-19(26)17-9-15-18(31-17)14(11-25)7-8-22-15;1-20-13(19)8(14)5-16-12(18)10-4-9-11(21-10)7(6-17)2-3-15-9;11-4-5-1-2-10-6-3-7(9(12)13)14-8(5)6;/h2-9,16,25H,10-12H2,1H3,(H,23,26)(H,24,28);2-4,8,17H,5-6,14H2,1H3,(H,16,18);1-3,11H,4H2,(H,12,13);/q;;;+1/p-1/t16-;8-;;/m11../s1. The summed E-state index contributed by atoms with van der Waals surface area (Å²) >= 11 is 3.48. The van der Waals surface area contributed by atoms with Crippen LogP contribution in [0.4, 0.5) is 4.79 Å². The van der Waals surface area contributed by atoms with E-state index in [1.165, 1.54) is 43.0 Å². The van der Waals surface area contributed by atoms with Gasteiger partial charge in [-0.15, -0.1) is 34.0 Å². The second kappa shape index (κ2) is 26.1. The predicted molar refractivity (Wildman–Crippen MR) is 241 cm³/mol. The molecule has 20 nitrogen and oxygen atoms in total. The van der Waals surface area contributed by atoms with E-state index < -0.39 is 42.0 Å². The number of thiophene rings is 3. The number of esters is 2. The average molecular weight is 968 g/mol. The van der Waals surface area contributed by atoms with E-state index in [0.29, 0.717) is 46.8 Å². The molecule has 7 aromatic rings. The third-order valence-electron chi connectivity index (χ3n) is 9.08. The first kappa shape index (κ1) is 53.2. The number of nitrogens with one attached hydrogen (secondary N) is 3. The normalized spacial score (nSPS) is 11.4. The van der Waals surface area contributed by atoms with Crippen LogP contribution in [-0.2, 0) is 50.2 Å². The number of carbonyl (C=O) groups excluding carboxylic acids is 6. The summed E-state index contributed by atoms with van der Waals surface area (Å²) < 4.78 is 16.5. The van der Waals surface area contributed by atoms with Gasteiger partial charge in [-0.3, -0.25) is 29.3 Å². The molecule has 346 valence electrons. The Hall–Kier alpha value is -6.39. The molecule has 2 atom stereocenters. The molecule has 0 fully saturated rings. The van der Waals surface area contributed by atoms with Crippen LogP contribution in [0.3, 0.4) is 0 Å². The van der Waals surface area contributed by atoms with Crippen LogP contribution in [0.5, 0.6) is 0 Å². The first-order valence-electron chi connectivity index (χ1n) is 19.4. The number of alkyl carbamates (subject to hydrolysis) is 1. The zero-order valence-corrected chi connectivity index (χ0v) is 38.5. The summed E-state index contributed by atoms with van der Waals surface area (Å²) in [7, 11) is 2.42. The molecule has 3 amide bonds. The van der Waals surface area contributed by atoms with Crippen molar-refractivity contribution in [3.05, 3.63) is 122 Å². The zero-order chi connectivity index (χ0) is 47.8. The van der Waals surface area contributed by atoms with Crippen molar-refractivity contribution >= 4 is 100 Å². The Morgan fingerprint density at radius 3 is 1.52 bits per heavy atom. The minimum Gasteiger partial charge on any atom is -0.544 e. The van der Waals surface area contributed by atoms with Crippen LogP contribution in [0.1, 0.15) is 51.3 Å². The third kappa shape index (κ3) is 14.5. The first-order valence-corrected chi connectivity index (χ1v) is 21.9. The van der Waals surface area contributed by atoms with Gasteiger partial charge < -0.3 is 61.1 Å². The number of pyridine rings is 3. The monoisotopic (exact) mass is 967 g/mol. The van der Waals surface area contributed by atoms with Crippen LogP contribution in [0.25, 0.3) is 30.6 Å². The van der Waals surface area contributed by atoms with Crippen molar-refractivity contribution in [1.82, 2.24) is 30.9 Å². The number of benzene rings is 1. The van der Waals surface area contributed by atoms with Crippen molar-refractivity contribution in [3.63, 3.8) is 0 Å². The molecule has 0 spiro atoms. The number of aromatic nitrogens is 3. The molecule has 0 aliphatic rings. The summed E-state index contributed by atoms with van der Waals surface area (Å²) in [5, 5.41) is 45.8. The molecule has 0 bridgehead atoms. The molecule has 6 aromatic heterocycles. The van der Waals surface area contributed by atoms with Crippen LogP contribution in [0.2, 0.25) is 0 Å². The van der Waals surface area contributed by atoms with Gasteiger partial charge in [-0.1, -0.05) is 30.3 Å².